The molecule has 0 aliphatic rings. The molecule has 1 heterocycles. The number of primary amides is 1. The summed E-state index contributed by atoms with van der Waals surface area (Å²) in [5.74, 6) is -2.62. The Morgan fingerprint density at radius 2 is 1.62 bits per heavy atom. The van der Waals surface area contributed by atoms with E-state index in [2.05, 4.69) is 10.4 Å². The number of anilines is 2. The Morgan fingerprint density at radius 1 is 1.05 bits per heavy atom. The number of nitrogens with one attached hydrogen (secondary N) is 2. The maximum atomic E-state index is 13.4. The van der Waals surface area contributed by atoms with Crippen LogP contribution >= 0.6 is 0 Å². The van der Waals surface area contributed by atoms with E-state index in [9.17, 15) is 36.0 Å². The van der Waals surface area contributed by atoms with Gasteiger partial charge in [0.1, 0.15) is 0 Å². The zero-order valence-electron chi connectivity index (χ0n) is 23.5. The lowest BCUT2D eigenvalue weighted by Gasteiger charge is -2.18. The Labute approximate surface area is 239 Å². The summed E-state index contributed by atoms with van der Waals surface area (Å²) in [5.41, 5.74) is 3.34. The number of nitrogens with two attached hydrogens (primary N) is 1. The fourth-order valence-electron chi connectivity index (χ4n) is 3.14. The van der Waals surface area contributed by atoms with Crippen molar-refractivity contribution < 1.29 is 45.8 Å². The van der Waals surface area contributed by atoms with E-state index in [0.717, 1.165) is 19.6 Å². The van der Waals surface area contributed by atoms with Crippen molar-refractivity contribution in [3.8, 4) is 11.4 Å². The van der Waals surface area contributed by atoms with Crippen molar-refractivity contribution in [2.24, 2.45) is 11.1 Å². The molecule has 5 N–H and O–H groups in total. The summed E-state index contributed by atoms with van der Waals surface area (Å²) in [6.45, 7) is 7.05. The van der Waals surface area contributed by atoms with E-state index in [1.807, 2.05) is 4.72 Å². The van der Waals surface area contributed by atoms with Crippen LogP contribution in [0.15, 0.2) is 42.7 Å². The van der Waals surface area contributed by atoms with Crippen molar-refractivity contribution in [2.75, 3.05) is 23.4 Å². The maximum absolute atomic E-state index is 13.4. The van der Waals surface area contributed by atoms with Crippen LogP contribution in [0.5, 0.6) is 5.75 Å². The van der Waals surface area contributed by atoms with E-state index >= 15 is 0 Å². The van der Waals surface area contributed by atoms with Gasteiger partial charge < -0.3 is 20.9 Å². The molecule has 0 aliphatic carbocycles. The van der Waals surface area contributed by atoms with E-state index in [1.165, 1.54) is 23.0 Å². The third-order valence-corrected chi connectivity index (χ3v) is 6.04. The topological polar surface area (TPSA) is 183 Å². The number of sulfonamides is 1. The molecule has 2 aromatic carbocycles. The highest BCUT2D eigenvalue weighted by Crippen LogP contribution is 2.41. The number of hydrogen-bond donors (Lipinski definition) is 4. The first kappa shape index (κ1) is 33.6. The Morgan fingerprint density at radius 3 is 2.07 bits per heavy atom. The van der Waals surface area contributed by atoms with Gasteiger partial charge in [0.15, 0.2) is 5.75 Å². The van der Waals surface area contributed by atoms with Crippen LogP contribution in [0.1, 0.15) is 52.6 Å². The maximum Gasteiger partial charge on any atom is 0.416 e. The molecule has 0 unspecified atom stereocenters. The third kappa shape index (κ3) is 8.95. The Balaban J connectivity index is 0.000000782. The van der Waals surface area contributed by atoms with Crippen molar-refractivity contribution in [3.63, 3.8) is 0 Å². The molecule has 1 aromatic heterocycles. The molecular formula is C26H30F3N5O7S. The van der Waals surface area contributed by atoms with Crippen molar-refractivity contribution in [1.29, 1.82) is 0 Å². The lowest BCUT2D eigenvalue weighted by atomic mass is 9.96. The van der Waals surface area contributed by atoms with Gasteiger partial charge >= 0.3 is 12.1 Å². The zero-order valence-corrected chi connectivity index (χ0v) is 24.3. The number of aromatic nitrogens is 2. The van der Waals surface area contributed by atoms with Crippen molar-refractivity contribution >= 4 is 39.2 Å². The van der Waals surface area contributed by atoms with Crippen LogP contribution in [0.25, 0.3) is 5.69 Å². The molecule has 0 saturated heterocycles. The molecule has 0 spiro atoms. The molecule has 3 rings (SSSR count). The summed E-state index contributed by atoms with van der Waals surface area (Å²) < 4.78 is 71.9. The van der Waals surface area contributed by atoms with Crippen molar-refractivity contribution in [3.05, 3.63) is 65.0 Å². The molecule has 228 valence electrons. The summed E-state index contributed by atoms with van der Waals surface area (Å²) in [5, 5.41) is 15.4. The quantitative estimate of drug-likeness (QED) is 0.308. The lowest BCUT2D eigenvalue weighted by molar-refractivity contribution is -0.137. The predicted molar refractivity (Wildman–Crippen MR) is 148 cm³/mol. The molecular weight excluding hydrogens is 583 g/mol. The van der Waals surface area contributed by atoms with E-state index in [0.29, 0.717) is 23.4 Å². The number of methoxy groups -OCH3 is 1. The van der Waals surface area contributed by atoms with Crippen molar-refractivity contribution in [2.45, 2.75) is 33.9 Å². The van der Waals surface area contributed by atoms with Gasteiger partial charge in [-0.05, 0) is 36.8 Å². The van der Waals surface area contributed by atoms with Crippen LogP contribution in [0.2, 0.25) is 0 Å². The molecule has 0 atom stereocenters. The number of halogens is 3. The number of carbonyl (C=O) groups is 3. The predicted octanol–water partition coefficient (Wildman–Crippen LogP) is 4.05. The van der Waals surface area contributed by atoms with E-state index in [-0.39, 0.29) is 28.2 Å². The summed E-state index contributed by atoms with van der Waals surface area (Å²) in [4.78, 5) is 34.3. The SMILES string of the molecule is CC(C)(C)C(N)=O.COc1c(NC(=O)c2ccc(C)c(-n3cc(C(=O)O)cn3)c2)cc(C(F)(F)F)cc1NS(C)(=O)=O. The zero-order chi connectivity index (χ0) is 32.2. The van der Waals surface area contributed by atoms with Crippen LogP contribution in [-0.2, 0) is 21.0 Å². The van der Waals surface area contributed by atoms with E-state index < -0.39 is 45.0 Å². The largest absolute Gasteiger partial charge is 0.492 e. The van der Waals surface area contributed by atoms with Gasteiger partial charge in [0.2, 0.25) is 15.9 Å². The smallest absolute Gasteiger partial charge is 0.416 e. The fourth-order valence-corrected chi connectivity index (χ4v) is 3.69. The molecule has 0 saturated carbocycles. The van der Waals surface area contributed by atoms with Gasteiger partial charge in [0, 0.05) is 17.2 Å². The lowest BCUT2D eigenvalue weighted by Crippen LogP contribution is -2.27. The molecule has 0 aliphatic heterocycles. The molecule has 42 heavy (non-hydrogen) atoms. The van der Waals surface area contributed by atoms with Gasteiger partial charge in [-0.15, -0.1) is 0 Å². The number of carbonyl (C=O) groups excluding carboxylic acids is 2. The van der Waals surface area contributed by atoms with Crippen LogP contribution in [0.3, 0.4) is 0 Å². The summed E-state index contributed by atoms with van der Waals surface area (Å²) in [6, 6.07) is 5.50. The van der Waals surface area contributed by atoms with E-state index in [4.69, 9.17) is 15.6 Å². The summed E-state index contributed by atoms with van der Waals surface area (Å²) in [6.07, 6.45) is -1.73. The average molecular weight is 614 g/mol. The minimum atomic E-state index is -4.85. The van der Waals surface area contributed by atoms with Gasteiger partial charge in [-0.25, -0.2) is 17.9 Å². The molecule has 2 amide bonds. The second kappa shape index (κ2) is 12.5. The number of rotatable bonds is 7. The van der Waals surface area contributed by atoms with Gasteiger partial charge in [-0.1, -0.05) is 26.8 Å². The van der Waals surface area contributed by atoms with Crippen LogP contribution in [0.4, 0.5) is 24.5 Å². The molecule has 16 heteroatoms. The molecule has 0 fully saturated rings. The molecule has 0 radical (unpaired) electrons. The highest BCUT2D eigenvalue weighted by Gasteiger charge is 2.33. The standard InChI is InChI=1S/C21H19F3N4O6S.C5H11NO/c1-11-4-5-12(6-17(11)28-10-13(9-25-28)20(30)31)19(29)26-15-7-14(21(22,23)24)8-16(18(15)34-2)27-35(3,32)33;1-5(2,3)4(6)7/h4-10,27H,1-3H3,(H,26,29)(H,30,31);1-3H3,(H2,6,7). The highest BCUT2D eigenvalue weighted by molar-refractivity contribution is 7.92. The normalized spacial score (nSPS) is 11.6. The number of carboxylic acid groups (broad SMARTS) is 1. The van der Waals surface area contributed by atoms with Crippen molar-refractivity contribution in [1.82, 2.24) is 9.78 Å². The van der Waals surface area contributed by atoms with Crippen LogP contribution in [0, 0.1) is 12.3 Å². The average Bonchev–Trinajstić information content (AvgIpc) is 3.33. The first-order valence-electron chi connectivity index (χ1n) is 11.9. The molecule has 12 nitrogen and oxygen atoms in total. The fraction of sp³-hybridized carbons (Fsp3) is 0.308. The number of aryl methyl sites for hydroxylation is 1. The Bertz CT molecular complexity index is 1610. The minimum absolute atomic E-state index is 0.00932. The minimum Gasteiger partial charge on any atom is -0.492 e. The number of ether oxygens (including phenoxy) is 1. The molecule has 0 bridgehead atoms. The summed E-state index contributed by atoms with van der Waals surface area (Å²) in [7, 11) is -2.87. The van der Waals surface area contributed by atoms with Gasteiger partial charge in [0.05, 0.1) is 47.8 Å². The van der Waals surface area contributed by atoms with Crippen LogP contribution < -0.4 is 20.5 Å². The highest BCUT2D eigenvalue weighted by atomic mass is 32.2. The first-order valence-corrected chi connectivity index (χ1v) is 13.8. The number of aromatic carboxylic acids is 1. The number of nitrogens with zero attached hydrogens (tertiary/aromatic N) is 2. The van der Waals surface area contributed by atoms with Gasteiger partial charge in [0.25, 0.3) is 5.91 Å². The number of carboxylic acids is 1. The first-order chi connectivity index (χ1) is 19.1. The second-order valence-electron chi connectivity index (χ2n) is 10.0. The monoisotopic (exact) mass is 613 g/mol. The Kier molecular flexibility index (Phi) is 10.0. The number of hydrogen-bond acceptors (Lipinski definition) is 7. The number of amides is 2. The molecule has 3 aromatic rings. The second-order valence-corrected chi connectivity index (χ2v) is 11.8. The summed E-state index contributed by atoms with van der Waals surface area (Å²) >= 11 is 0. The Hall–Kier alpha value is -4.60. The van der Waals surface area contributed by atoms with E-state index in [1.54, 1.807) is 33.8 Å². The number of alkyl halides is 3. The van der Waals surface area contributed by atoms with Gasteiger partial charge in [-0.2, -0.15) is 18.3 Å². The third-order valence-electron chi connectivity index (χ3n) is 5.45. The van der Waals surface area contributed by atoms with Gasteiger partial charge in [-0.3, -0.25) is 14.3 Å². The number of benzene rings is 2. The van der Waals surface area contributed by atoms with Crippen LogP contribution in [-0.4, -0.2) is 54.5 Å².